The van der Waals surface area contributed by atoms with E-state index in [-0.39, 0.29) is 10.7 Å². The zero-order chi connectivity index (χ0) is 22.7. The van der Waals surface area contributed by atoms with Crippen LogP contribution in [-0.4, -0.2) is 41.7 Å². The number of aliphatic carboxylic acids is 1. The molecule has 0 aliphatic carbocycles. The van der Waals surface area contributed by atoms with Crippen LogP contribution in [0.4, 0.5) is 5.69 Å². The SMILES string of the molecule is COc1ccc(N2C(=O)/C(=C/c3cc(I)c(OCC(=O)O)c(I)c3)C(=O)NC2=S)cc1. The number of amides is 2. The predicted octanol–water partition coefficient (Wildman–Crippen LogP) is 3.20. The van der Waals surface area contributed by atoms with Crippen molar-refractivity contribution in [1.29, 1.82) is 0 Å². The molecule has 0 saturated carbocycles. The van der Waals surface area contributed by atoms with Gasteiger partial charge in [0, 0.05) is 0 Å². The molecule has 0 atom stereocenters. The second-order valence-electron chi connectivity index (χ2n) is 6.15. The van der Waals surface area contributed by atoms with E-state index in [1.165, 1.54) is 18.1 Å². The Morgan fingerprint density at radius 2 is 1.81 bits per heavy atom. The summed E-state index contributed by atoms with van der Waals surface area (Å²) < 4.78 is 11.7. The maximum absolute atomic E-state index is 13.1. The molecule has 2 amide bonds. The average molecular weight is 664 g/mol. The first-order valence-electron chi connectivity index (χ1n) is 8.60. The fourth-order valence-corrected chi connectivity index (χ4v) is 5.13. The van der Waals surface area contributed by atoms with Gasteiger partial charge >= 0.3 is 5.97 Å². The molecule has 2 N–H and O–H groups in total. The van der Waals surface area contributed by atoms with Crippen molar-refractivity contribution in [3.63, 3.8) is 0 Å². The third-order valence-corrected chi connectivity index (χ3v) is 5.99. The molecule has 0 aromatic heterocycles. The molecule has 1 aliphatic rings. The minimum atomic E-state index is -1.09. The van der Waals surface area contributed by atoms with Gasteiger partial charge in [0.15, 0.2) is 11.7 Å². The van der Waals surface area contributed by atoms with Gasteiger partial charge in [0.25, 0.3) is 11.8 Å². The number of nitrogens with zero attached hydrogens (tertiary/aromatic N) is 1. The molecule has 0 bridgehead atoms. The molecule has 0 unspecified atom stereocenters. The van der Waals surface area contributed by atoms with Crippen LogP contribution in [-0.2, 0) is 14.4 Å². The maximum atomic E-state index is 13.1. The van der Waals surface area contributed by atoms with Gasteiger partial charge in [0.1, 0.15) is 17.1 Å². The lowest BCUT2D eigenvalue weighted by Crippen LogP contribution is -2.54. The highest BCUT2D eigenvalue weighted by molar-refractivity contribution is 14.1. The number of hydrogen-bond acceptors (Lipinski definition) is 6. The van der Waals surface area contributed by atoms with Crippen molar-refractivity contribution in [3.05, 3.63) is 54.7 Å². The third-order valence-electron chi connectivity index (χ3n) is 4.10. The van der Waals surface area contributed by atoms with Crippen LogP contribution in [0.2, 0.25) is 0 Å². The number of carboxylic acid groups (broad SMARTS) is 1. The highest BCUT2D eigenvalue weighted by Crippen LogP contribution is 2.31. The molecule has 1 fully saturated rings. The number of ether oxygens (including phenoxy) is 2. The Labute approximate surface area is 209 Å². The quantitative estimate of drug-likeness (QED) is 0.212. The Morgan fingerprint density at radius 1 is 1.19 bits per heavy atom. The molecule has 11 heteroatoms. The van der Waals surface area contributed by atoms with Crippen LogP contribution in [0.15, 0.2) is 42.0 Å². The molecule has 0 radical (unpaired) electrons. The van der Waals surface area contributed by atoms with Crippen LogP contribution >= 0.6 is 57.4 Å². The van der Waals surface area contributed by atoms with E-state index >= 15 is 0 Å². The van der Waals surface area contributed by atoms with Crippen molar-refractivity contribution in [2.45, 2.75) is 0 Å². The van der Waals surface area contributed by atoms with E-state index in [0.29, 0.717) is 29.9 Å². The van der Waals surface area contributed by atoms with Gasteiger partial charge in [-0.3, -0.25) is 19.8 Å². The zero-order valence-electron chi connectivity index (χ0n) is 15.8. The Kier molecular flexibility index (Phi) is 7.48. The van der Waals surface area contributed by atoms with Crippen LogP contribution in [0, 0.1) is 7.14 Å². The standard InChI is InChI=1S/C20H14I2N2O6S/c1-29-12-4-2-11(3-5-12)24-19(28)13(18(27)23-20(24)31)6-10-7-14(21)17(15(22)8-10)30-9-16(25)26/h2-8H,9H2,1H3,(H,25,26)(H,23,27,31)/b13-6+. The smallest absolute Gasteiger partial charge is 0.341 e. The first-order chi connectivity index (χ1) is 14.7. The summed E-state index contributed by atoms with van der Waals surface area (Å²) >= 11 is 9.21. The molecule has 2 aromatic carbocycles. The number of carbonyl (C=O) groups is 3. The molecule has 160 valence electrons. The summed E-state index contributed by atoms with van der Waals surface area (Å²) in [5.74, 6) is -1.21. The number of carboxylic acids is 1. The Balaban J connectivity index is 1.95. The van der Waals surface area contributed by atoms with Crippen LogP contribution in [0.1, 0.15) is 5.56 Å². The minimum absolute atomic E-state index is 0.0149. The monoisotopic (exact) mass is 664 g/mol. The van der Waals surface area contributed by atoms with E-state index in [4.69, 9.17) is 26.8 Å². The van der Waals surface area contributed by atoms with Crippen molar-refractivity contribution in [2.75, 3.05) is 18.6 Å². The highest BCUT2D eigenvalue weighted by atomic mass is 127. The van der Waals surface area contributed by atoms with Gasteiger partial charge in [0.2, 0.25) is 0 Å². The van der Waals surface area contributed by atoms with E-state index < -0.39 is 24.4 Å². The van der Waals surface area contributed by atoms with Crippen LogP contribution in [0.5, 0.6) is 11.5 Å². The lowest BCUT2D eigenvalue weighted by Gasteiger charge is -2.29. The molecule has 1 saturated heterocycles. The summed E-state index contributed by atoms with van der Waals surface area (Å²) in [6.07, 6.45) is 1.46. The van der Waals surface area contributed by atoms with Gasteiger partial charge in [-0.15, -0.1) is 0 Å². The largest absolute Gasteiger partial charge is 0.497 e. The number of benzene rings is 2. The summed E-state index contributed by atoms with van der Waals surface area (Å²) in [5, 5.41) is 11.3. The van der Waals surface area contributed by atoms with Crippen LogP contribution in [0.3, 0.4) is 0 Å². The molecule has 31 heavy (non-hydrogen) atoms. The van der Waals surface area contributed by atoms with Crippen molar-refractivity contribution in [1.82, 2.24) is 5.32 Å². The number of methoxy groups -OCH3 is 1. The number of rotatable bonds is 6. The molecule has 8 nitrogen and oxygen atoms in total. The number of thiocarbonyl (C=S) groups is 1. The van der Waals surface area contributed by atoms with Gasteiger partial charge in [-0.1, -0.05) is 0 Å². The minimum Gasteiger partial charge on any atom is -0.497 e. The van der Waals surface area contributed by atoms with E-state index in [2.05, 4.69) is 5.32 Å². The van der Waals surface area contributed by atoms with Gasteiger partial charge < -0.3 is 14.6 Å². The first kappa shape index (κ1) is 23.4. The number of carbonyl (C=O) groups excluding carboxylic acids is 2. The highest BCUT2D eigenvalue weighted by Gasteiger charge is 2.34. The third kappa shape index (κ3) is 5.33. The maximum Gasteiger partial charge on any atom is 0.341 e. The van der Waals surface area contributed by atoms with E-state index in [1.54, 1.807) is 36.4 Å². The predicted molar refractivity (Wildman–Crippen MR) is 134 cm³/mol. The molecular weight excluding hydrogens is 650 g/mol. The van der Waals surface area contributed by atoms with Gasteiger partial charge in [-0.2, -0.15) is 0 Å². The fraction of sp³-hybridized carbons (Fsp3) is 0.100. The van der Waals surface area contributed by atoms with Crippen molar-refractivity contribution < 1.29 is 29.0 Å². The average Bonchev–Trinajstić information content (AvgIpc) is 2.70. The second-order valence-corrected chi connectivity index (χ2v) is 8.86. The Bertz CT molecular complexity index is 1090. The summed E-state index contributed by atoms with van der Waals surface area (Å²) in [6, 6.07) is 10.1. The number of halogens is 2. The van der Waals surface area contributed by atoms with E-state index in [1.807, 2.05) is 45.2 Å². The molecule has 0 spiro atoms. The summed E-state index contributed by atoms with van der Waals surface area (Å²) in [5.41, 5.74) is 0.982. The van der Waals surface area contributed by atoms with Crippen LogP contribution in [0.25, 0.3) is 6.08 Å². The summed E-state index contributed by atoms with van der Waals surface area (Å²) in [7, 11) is 1.54. The topological polar surface area (TPSA) is 105 Å². The second kappa shape index (κ2) is 9.91. The van der Waals surface area contributed by atoms with Crippen molar-refractivity contribution in [2.24, 2.45) is 0 Å². The van der Waals surface area contributed by atoms with Crippen molar-refractivity contribution in [3.8, 4) is 11.5 Å². The number of nitrogens with one attached hydrogen (secondary N) is 1. The molecule has 2 aromatic rings. The van der Waals surface area contributed by atoms with Gasteiger partial charge in [0.05, 0.1) is 19.9 Å². The Morgan fingerprint density at radius 3 is 2.35 bits per heavy atom. The summed E-state index contributed by atoms with van der Waals surface area (Å²) in [6.45, 7) is -0.471. The molecule has 1 aliphatic heterocycles. The van der Waals surface area contributed by atoms with E-state index in [9.17, 15) is 14.4 Å². The van der Waals surface area contributed by atoms with Crippen LogP contribution < -0.4 is 19.7 Å². The molecule has 1 heterocycles. The lowest BCUT2D eigenvalue weighted by atomic mass is 10.1. The Hall–Kier alpha value is -2.26. The first-order valence-corrected chi connectivity index (χ1v) is 11.2. The number of hydrogen-bond donors (Lipinski definition) is 2. The number of anilines is 1. The molecular formula is C20H14I2N2O6S. The summed E-state index contributed by atoms with van der Waals surface area (Å²) in [4.78, 5) is 37.6. The zero-order valence-corrected chi connectivity index (χ0v) is 21.0. The molecule has 3 rings (SSSR count). The fourth-order valence-electron chi connectivity index (χ4n) is 2.72. The van der Waals surface area contributed by atoms with E-state index in [0.717, 1.165) is 0 Å². The van der Waals surface area contributed by atoms with Crippen molar-refractivity contribution >= 4 is 92.1 Å². The van der Waals surface area contributed by atoms with Gasteiger partial charge in [-0.25, -0.2) is 4.79 Å². The normalized spacial score (nSPS) is 15.1. The lowest BCUT2D eigenvalue weighted by molar-refractivity contribution is -0.139. The van der Waals surface area contributed by atoms with Gasteiger partial charge in [-0.05, 0) is 105 Å².